The standard InChI is InChI=1S/C23H20N4O/c1-16-7-6-8-18(13-16)22-20(15-27(26-22)19-9-4-3-5-10-19)23(28)25-21-12-11-17(2)14-24-21/h3-15H,1-2H3,(H,24,25,28). The number of carbonyl (C=O) groups excluding carboxylic acids is 1. The number of nitrogens with one attached hydrogen (secondary N) is 1. The zero-order valence-electron chi connectivity index (χ0n) is 15.8. The molecule has 0 spiro atoms. The molecule has 0 fully saturated rings. The van der Waals surface area contributed by atoms with Crippen molar-refractivity contribution >= 4 is 11.7 Å². The summed E-state index contributed by atoms with van der Waals surface area (Å²) >= 11 is 0. The molecule has 0 bridgehead atoms. The highest BCUT2D eigenvalue weighted by Crippen LogP contribution is 2.25. The third kappa shape index (κ3) is 3.69. The lowest BCUT2D eigenvalue weighted by atomic mass is 10.1. The monoisotopic (exact) mass is 368 g/mol. The summed E-state index contributed by atoms with van der Waals surface area (Å²) in [6.45, 7) is 3.98. The Bertz CT molecular complexity index is 1120. The Morgan fingerprint density at radius 2 is 1.75 bits per heavy atom. The summed E-state index contributed by atoms with van der Waals surface area (Å²) in [5.74, 6) is 0.272. The summed E-state index contributed by atoms with van der Waals surface area (Å²) in [7, 11) is 0. The topological polar surface area (TPSA) is 59.8 Å². The van der Waals surface area contributed by atoms with Gasteiger partial charge in [-0.2, -0.15) is 5.10 Å². The molecule has 2 heterocycles. The predicted molar refractivity (Wildman–Crippen MR) is 111 cm³/mol. The van der Waals surface area contributed by atoms with E-state index in [-0.39, 0.29) is 5.91 Å². The van der Waals surface area contributed by atoms with Crippen molar-refractivity contribution in [3.8, 4) is 16.9 Å². The average molecular weight is 368 g/mol. The number of hydrogen-bond acceptors (Lipinski definition) is 3. The summed E-state index contributed by atoms with van der Waals surface area (Å²) < 4.78 is 1.73. The van der Waals surface area contributed by atoms with Gasteiger partial charge in [0.25, 0.3) is 5.91 Å². The van der Waals surface area contributed by atoms with Gasteiger partial charge in [-0.15, -0.1) is 0 Å². The first-order valence-electron chi connectivity index (χ1n) is 9.06. The Kier molecular flexibility index (Phi) is 4.72. The second-order valence-corrected chi connectivity index (χ2v) is 6.72. The van der Waals surface area contributed by atoms with E-state index >= 15 is 0 Å². The first-order valence-corrected chi connectivity index (χ1v) is 9.06. The van der Waals surface area contributed by atoms with Crippen LogP contribution >= 0.6 is 0 Å². The van der Waals surface area contributed by atoms with Crippen molar-refractivity contribution in [2.24, 2.45) is 0 Å². The molecule has 2 aromatic heterocycles. The fraction of sp³-hybridized carbons (Fsp3) is 0.0870. The molecule has 0 aliphatic heterocycles. The molecule has 0 atom stereocenters. The molecule has 0 unspecified atom stereocenters. The lowest BCUT2D eigenvalue weighted by molar-refractivity contribution is 0.102. The highest BCUT2D eigenvalue weighted by Gasteiger charge is 2.19. The molecule has 1 amide bonds. The average Bonchev–Trinajstić information content (AvgIpc) is 3.16. The Balaban J connectivity index is 1.76. The van der Waals surface area contributed by atoms with Gasteiger partial charge in [0.15, 0.2) is 0 Å². The van der Waals surface area contributed by atoms with Crippen LogP contribution in [0.3, 0.4) is 0 Å². The van der Waals surface area contributed by atoms with Crippen molar-refractivity contribution in [1.29, 1.82) is 0 Å². The largest absolute Gasteiger partial charge is 0.306 e. The molecule has 0 aliphatic carbocycles. The molecule has 4 rings (SSSR count). The molecule has 1 N–H and O–H groups in total. The van der Waals surface area contributed by atoms with Crippen LogP contribution in [0.5, 0.6) is 0 Å². The first-order chi connectivity index (χ1) is 13.6. The van der Waals surface area contributed by atoms with Gasteiger partial charge in [-0.1, -0.05) is 48.0 Å². The summed E-state index contributed by atoms with van der Waals surface area (Å²) in [5.41, 5.74) is 5.07. The number of aromatic nitrogens is 3. The molecule has 5 nitrogen and oxygen atoms in total. The molecule has 0 saturated carbocycles. The fourth-order valence-corrected chi connectivity index (χ4v) is 2.98. The van der Waals surface area contributed by atoms with Crippen LogP contribution < -0.4 is 5.32 Å². The second kappa shape index (κ2) is 7.48. The quantitative estimate of drug-likeness (QED) is 0.563. The van der Waals surface area contributed by atoms with E-state index in [1.807, 2.05) is 74.5 Å². The fourth-order valence-electron chi connectivity index (χ4n) is 2.98. The Morgan fingerprint density at radius 1 is 0.929 bits per heavy atom. The van der Waals surface area contributed by atoms with Gasteiger partial charge in [0.1, 0.15) is 11.5 Å². The first kappa shape index (κ1) is 17.7. The number of carbonyl (C=O) groups is 1. The van der Waals surface area contributed by atoms with Crippen LogP contribution in [0.1, 0.15) is 21.5 Å². The van der Waals surface area contributed by atoms with E-state index < -0.39 is 0 Å². The van der Waals surface area contributed by atoms with Crippen molar-refractivity contribution in [1.82, 2.24) is 14.8 Å². The molecule has 0 saturated heterocycles. The number of nitrogens with zero attached hydrogens (tertiary/aromatic N) is 3. The van der Waals surface area contributed by atoms with E-state index in [0.29, 0.717) is 17.1 Å². The van der Waals surface area contributed by atoms with Gasteiger partial charge < -0.3 is 5.32 Å². The van der Waals surface area contributed by atoms with Gasteiger partial charge in [-0.25, -0.2) is 9.67 Å². The molecule has 5 heteroatoms. The van der Waals surface area contributed by atoms with E-state index in [0.717, 1.165) is 22.4 Å². The van der Waals surface area contributed by atoms with Crippen molar-refractivity contribution in [2.75, 3.05) is 5.32 Å². The second-order valence-electron chi connectivity index (χ2n) is 6.72. The maximum Gasteiger partial charge on any atom is 0.260 e. The SMILES string of the molecule is Cc1ccc(NC(=O)c2cn(-c3ccccc3)nc2-c2cccc(C)c2)nc1. The van der Waals surface area contributed by atoms with Crippen LogP contribution in [0.4, 0.5) is 5.82 Å². The van der Waals surface area contributed by atoms with Crippen LogP contribution in [0.15, 0.2) is 79.1 Å². The van der Waals surface area contributed by atoms with Gasteiger partial charge in [0.05, 0.1) is 11.3 Å². The van der Waals surface area contributed by atoms with E-state index in [9.17, 15) is 4.79 Å². The molecule has 0 radical (unpaired) electrons. The van der Waals surface area contributed by atoms with E-state index in [4.69, 9.17) is 5.10 Å². The molecule has 4 aromatic rings. The summed E-state index contributed by atoms with van der Waals surface area (Å²) in [6, 6.07) is 21.4. The Morgan fingerprint density at radius 3 is 2.46 bits per heavy atom. The number of aryl methyl sites for hydroxylation is 2. The smallest absolute Gasteiger partial charge is 0.260 e. The van der Waals surface area contributed by atoms with Crippen molar-refractivity contribution in [3.05, 3.63) is 95.8 Å². The number of benzene rings is 2. The highest BCUT2D eigenvalue weighted by atomic mass is 16.1. The third-order valence-corrected chi connectivity index (χ3v) is 4.42. The number of hydrogen-bond donors (Lipinski definition) is 1. The maximum atomic E-state index is 13.0. The zero-order valence-corrected chi connectivity index (χ0v) is 15.8. The summed E-state index contributed by atoms with van der Waals surface area (Å²) in [4.78, 5) is 17.3. The van der Waals surface area contributed by atoms with Crippen LogP contribution in [0.2, 0.25) is 0 Å². The lowest BCUT2D eigenvalue weighted by Crippen LogP contribution is -2.13. The van der Waals surface area contributed by atoms with Crippen molar-refractivity contribution in [2.45, 2.75) is 13.8 Å². The number of rotatable bonds is 4. The molecule has 0 aliphatic rings. The number of anilines is 1. The summed E-state index contributed by atoms with van der Waals surface area (Å²) in [6.07, 6.45) is 3.49. The van der Waals surface area contributed by atoms with Gasteiger partial charge in [-0.05, 0) is 43.7 Å². The maximum absolute atomic E-state index is 13.0. The third-order valence-electron chi connectivity index (χ3n) is 4.42. The number of amides is 1. The van der Waals surface area contributed by atoms with Crippen LogP contribution in [-0.2, 0) is 0 Å². The minimum absolute atomic E-state index is 0.241. The predicted octanol–water partition coefficient (Wildman–Crippen LogP) is 4.80. The highest BCUT2D eigenvalue weighted by molar-refractivity contribution is 6.07. The molecular weight excluding hydrogens is 348 g/mol. The van der Waals surface area contributed by atoms with Crippen LogP contribution in [-0.4, -0.2) is 20.7 Å². The molecule has 2 aromatic carbocycles. The van der Waals surface area contributed by atoms with Crippen LogP contribution in [0, 0.1) is 13.8 Å². The summed E-state index contributed by atoms with van der Waals surface area (Å²) in [5, 5.41) is 7.58. The van der Waals surface area contributed by atoms with Crippen LogP contribution in [0.25, 0.3) is 16.9 Å². The van der Waals surface area contributed by atoms with E-state index in [1.165, 1.54) is 0 Å². The number of pyridine rings is 1. The van der Waals surface area contributed by atoms with Crippen molar-refractivity contribution < 1.29 is 4.79 Å². The molecule has 28 heavy (non-hydrogen) atoms. The minimum Gasteiger partial charge on any atom is -0.306 e. The lowest BCUT2D eigenvalue weighted by Gasteiger charge is -2.05. The van der Waals surface area contributed by atoms with Gasteiger partial charge in [-0.3, -0.25) is 4.79 Å². The van der Waals surface area contributed by atoms with Gasteiger partial charge >= 0.3 is 0 Å². The number of para-hydroxylation sites is 1. The Labute approximate surface area is 163 Å². The van der Waals surface area contributed by atoms with Gasteiger partial charge in [0, 0.05) is 18.0 Å². The normalized spacial score (nSPS) is 10.6. The zero-order chi connectivity index (χ0) is 19.5. The van der Waals surface area contributed by atoms with Crippen molar-refractivity contribution in [3.63, 3.8) is 0 Å². The van der Waals surface area contributed by atoms with E-state index in [2.05, 4.69) is 10.3 Å². The minimum atomic E-state index is -0.241. The molecular formula is C23H20N4O. The molecule has 138 valence electrons. The van der Waals surface area contributed by atoms with Gasteiger partial charge in [0.2, 0.25) is 0 Å². The van der Waals surface area contributed by atoms with E-state index in [1.54, 1.807) is 23.1 Å². The Hall–Kier alpha value is -3.73.